The number of nitrogens with one attached hydrogen (secondary N) is 2. The van der Waals surface area contributed by atoms with Crippen LogP contribution in [0, 0.1) is 5.41 Å². The van der Waals surface area contributed by atoms with Crippen molar-refractivity contribution in [2.24, 2.45) is 5.41 Å². The fraction of sp³-hybridized carbons (Fsp3) is 0.550. The van der Waals surface area contributed by atoms with Gasteiger partial charge in [0.2, 0.25) is 0 Å². The second-order valence-electron chi connectivity index (χ2n) is 7.81. The van der Waals surface area contributed by atoms with E-state index in [2.05, 4.69) is 12.2 Å². The van der Waals surface area contributed by atoms with E-state index in [0.29, 0.717) is 5.56 Å². The van der Waals surface area contributed by atoms with Gasteiger partial charge in [-0.1, -0.05) is 19.1 Å². The Labute approximate surface area is 165 Å². The number of benzene rings is 1. The third kappa shape index (κ3) is 4.34. The van der Waals surface area contributed by atoms with E-state index in [1.807, 2.05) is 12.1 Å². The minimum atomic E-state index is -1.89. The first kappa shape index (κ1) is 21.8. The number of rotatable bonds is 8. The fourth-order valence-corrected chi connectivity index (χ4v) is 3.28. The van der Waals surface area contributed by atoms with Gasteiger partial charge in [-0.05, 0) is 43.9 Å². The van der Waals surface area contributed by atoms with E-state index in [0.717, 1.165) is 42.9 Å². The highest BCUT2D eigenvalue weighted by Crippen LogP contribution is 2.32. The van der Waals surface area contributed by atoms with Crippen LogP contribution in [0.15, 0.2) is 24.3 Å². The lowest BCUT2D eigenvalue weighted by Gasteiger charge is -2.38. The van der Waals surface area contributed by atoms with E-state index in [1.54, 1.807) is 12.1 Å². The Kier molecular flexibility index (Phi) is 6.79. The number of amides is 3. The number of hydroxylamine groups is 1. The summed E-state index contributed by atoms with van der Waals surface area (Å²) in [4.78, 5) is 38.1. The highest BCUT2D eigenvalue weighted by Gasteiger charge is 2.47. The Hall–Kier alpha value is -2.45. The Morgan fingerprint density at radius 2 is 1.82 bits per heavy atom. The third-order valence-electron chi connectivity index (χ3n) is 5.54. The first-order valence-corrected chi connectivity index (χ1v) is 9.29. The molecule has 8 heteroatoms. The second-order valence-corrected chi connectivity index (χ2v) is 7.81. The molecule has 8 nitrogen and oxygen atoms in total. The molecule has 0 spiro atoms. The zero-order chi connectivity index (χ0) is 20.9. The van der Waals surface area contributed by atoms with E-state index in [4.69, 9.17) is 9.94 Å². The first-order valence-electron chi connectivity index (χ1n) is 9.29. The van der Waals surface area contributed by atoms with Gasteiger partial charge < -0.3 is 15.0 Å². The zero-order valence-electron chi connectivity index (χ0n) is 16.9. The second kappa shape index (κ2) is 8.70. The summed E-state index contributed by atoms with van der Waals surface area (Å²) in [6, 6.07) is 7.13. The topological polar surface area (TPSA) is 108 Å². The van der Waals surface area contributed by atoms with Gasteiger partial charge in [0.1, 0.15) is 0 Å². The molecule has 0 aliphatic carbocycles. The smallest absolute Gasteiger partial charge is 0.278 e. The molecule has 1 aliphatic rings. The van der Waals surface area contributed by atoms with Gasteiger partial charge in [-0.25, -0.2) is 5.48 Å². The Balaban J connectivity index is 2.05. The Morgan fingerprint density at radius 3 is 2.29 bits per heavy atom. The van der Waals surface area contributed by atoms with Crippen LogP contribution in [-0.2, 0) is 20.7 Å². The van der Waals surface area contributed by atoms with Crippen LogP contribution in [0.3, 0.4) is 0 Å². The zero-order valence-corrected chi connectivity index (χ0v) is 16.9. The summed E-state index contributed by atoms with van der Waals surface area (Å²) in [5, 5.41) is 11.3. The number of carbonyl (C=O) groups excluding carboxylic acids is 3. The van der Waals surface area contributed by atoms with Crippen LogP contribution in [-0.4, -0.2) is 60.7 Å². The van der Waals surface area contributed by atoms with Crippen molar-refractivity contribution >= 4 is 17.7 Å². The summed E-state index contributed by atoms with van der Waals surface area (Å²) < 4.78 is 5.27. The summed E-state index contributed by atoms with van der Waals surface area (Å²) in [5.41, 5.74) is 1.33. The maximum Gasteiger partial charge on any atom is 0.278 e. The summed E-state index contributed by atoms with van der Waals surface area (Å²) in [5.74, 6) is -2.20. The van der Waals surface area contributed by atoms with Crippen molar-refractivity contribution in [2.45, 2.75) is 38.6 Å². The van der Waals surface area contributed by atoms with Gasteiger partial charge in [-0.3, -0.25) is 19.6 Å². The van der Waals surface area contributed by atoms with Gasteiger partial charge in [0, 0.05) is 25.1 Å². The van der Waals surface area contributed by atoms with Crippen molar-refractivity contribution in [2.75, 3.05) is 27.3 Å². The number of aryl methyl sites for hydroxylation is 1. The molecule has 1 atom stereocenters. The standard InChI is InChI=1S/C20H29N3O5/c1-19(12-28-13-19)11-5-6-14-7-9-15(10-8-14)16(24)23(4)20(2,17(25)21-3)18(26)22-27/h7-10,27H,5-6,11-13H2,1-4H3,(H,21,25)(H,22,26)/t20-/m0/s1. The van der Waals surface area contributed by atoms with Crippen LogP contribution < -0.4 is 10.8 Å². The van der Waals surface area contributed by atoms with Crippen molar-refractivity contribution in [3.8, 4) is 0 Å². The van der Waals surface area contributed by atoms with Crippen LogP contribution in [0.5, 0.6) is 0 Å². The average molecular weight is 391 g/mol. The molecular formula is C20H29N3O5. The molecular weight excluding hydrogens is 362 g/mol. The molecule has 2 rings (SSSR count). The monoisotopic (exact) mass is 391 g/mol. The highest BCUT2D eigenvalue weighted by atomic mass is 16.5. The molecule has 154 valence electrons. The predicted octanol–water partition coefficient (Wildman–Crippen LogP) is 1.13. The van der Waals surface area contributed by atoms with E-state index < -0.39 is 23.3 Å². The lowest BCUT2D eigenvalue weighted by molar-refractivity contribution is -0.148. The van der Waals surface area contributed by atoms with Gasteiger partial charge in [0.25, 0.3) is 17.7 Å². The van der Waals surface area contributed by atoms with Crippen molar-refractivity contribution in [3.63, 3.8) is 0 Å². The number of likely N-dealkylation sites (N-methyl/N-ethyl adjacent to an activating group) is 2. The predicted molar refractivity (Wildman–Crippen MR) is 103 cm³/mol. The van der Waals surface area contributed by atoms with E-state index in [1.165, 1.54) is 26.5 Å². The van der Waals surface area contributed by atoms with E-state index in [-0.39, 0.29) is 5.41 Å². The van der Waals surface area contributed by atoms with Crippen LogP contribution in [0.1, 0.15) is 42.6 Å². The summed E-state index contributed by atoms with van der Waals surface area (Å²) in [7, 11) is 2.70. The molecule has 28 heavy (non-hydrogen) atoms. The van der Waals surface area contributed by atoms with Crippen LogP contribution >= 0.6 is 0 Å². The third-order valence-corrected chi connectivity index (χ3v) is 5.54. The molecule has 0 radical (unpaired) electrons. The Bertz CT molecular complexity index is 712. The van der Waals surface area contributed by atoms with Gasteiger partial charge in [0.15, 0.2) is 5.54 Å². The molecule has 1 aliphatic heterocycles. The number of hydrogen-bond acceptors (Lipinski definition) is 5. The van der Waals surface area contributed by atoms with Crippen molar-refractivity contribution in [1.82, 2.24) is 15.7 Å². The summed E-state index contributed by atoms with van der Waals surface area (Å²) in [6.45, 7) is 5.13. The SMILES string of the molecule is CNC(=O)[C@@](C)(C(=O)NO)N(C)C(=O)c1ccc(CCCC2(C)COC2)cc1. The van der Waals surface area contributed by atoms with Gasteiger partial charge in [-0.2, -0.15) is 0 Å². The normalized spacial score (nSPS) is 17.0. The summed E-state index contributed by atoms with van der Waals surface area (Å²) >= 11 is 0. The van der Waals surface area contributed by atoms with Gasteiger partial charge in [-0.15, -0.1) is 0 Å². The van der Waals surface area contributed by atoms with Gasteiger partial charge >= 0.3 is 0 Å². The lowest BCUT2D eigenvalue weighted by atomic mass is 9.83. The van der Waals surface area contributed by atoms with Crippen molar-refractivity contribution < 1.29 is 24.3 Å². The quantitative estimate of drug-likeness (QED) is 0.350. The number of carbonyl (C=O) groups is 3. The molecule has 0 unspecified atom stereocenters. The van der Waals surface area contributed by atoms with Gasteiger partial charge in [0.05, 0.1) is 13.2 Å². The first-order chi connectivity index (χ1) is 13.2. The molecule has 0 bridgehead atoms. The van der Waals surface area contributed by atoms with Crippen molar-refractivity contribution in [3.05, 3.63) is 35.4 Å². The maximum atomic E-state index is 12.8. The molecule has 1 saturated heterocycles. The van der Waals surface area contributed by atoms with E-state index in [9.17, 15) is 14.4 Å². The molecule has 1 heterocycles. The van der Waals surface area contributed by atoms with Crippen LogP contribution in [0.2, 0.25) is 0 Å². The molecule has 1 fully saturated rings. The minimum Gasteiger partial charge on any atom is -0.380 e. The molecule has 1 aromatic rings. The number of hydrogen-bond donors (Lipinski definition) is 3. The van der Waals surface area contributed by atoms with Crippen molar-refractivity contribution in [1.29, 1.82) is 0 Å². The summed E-state index contributed by atoms with van der Waals surface area (Å²) in [6.07, 6.45) is 3.04. The maximum absolute atomic E-state index is 12.8. The van der Waals surface area contributed by atoms with Crippen LogP contribution in [0.4, 0.5) is 0 Å². The lowest BCUT2D eigenvalue weighted by Crippen LogP contribution is -2.64. The molecule has 0 aromatic heterocycles. The molecule has 3 amide bonds. The average Bonchev–Trinajstić information content (AvgIpc) is 2.69. The molecule has 1 aromatic carbocycles. The number of ether oxygens (including phenoxy) is 1. The molecule has 3 N–H and O–H groups in total. The number of nitrogens with zero attached hydrogens (tertiary/aromatic N) is 1. The van der Waals surface area contributed by atoms with E-state index >= 15 is 0 Å². The Morgan fingerprint density at radius 1 is 1.21 bits per heavy atom. The minimum absolute atomic E-state index is 0.288. The molecule has 0 saturated carbocycles. The van der Waals surface area contributed by atoms with Crippen LogP contribution in [0.25, 0.3) is 0 Å². The highest BCUT2D eigenvalue weighted by molar-refractivity contribution is 6.12. The fourth-order valence-electron chi connectivity index (χ4n) is 3.28. The largest absolute Gasteiger partial charge is 0.380 e.